The first kappa shape index (κ1) is 22.3. The van der Waals surface area contributed by atoms with Crippen molar-refractivity contribution in [3.05, 3.63) is 74.5 Å². The molecule has 3 fully saturated rings. The quantitative estimate of drug-likeness (QED) is 0.520. The molecule has 2 bridgehead atoms. The predicted octanol–water partition coefficient (Wildman–Crippen LogP) is 4.32. The molecule has 2 aromatic carbocycles. The number of nitrogens with zero attached hydrogens (tertiary/aromatic N) is 2. The van der Waals surface area contributed by atoms with Gasteiger partial charge < -0.3 is 9.88 Å². The summed E-state index contributed by atoms with van der Waals surface area (Å²) in [4.78, 5) is 47.1. The van der Waals surface area contributed by atoms with Crippen LogP contribution < -0.4 is 14.7 Å². The molecule has 1 aromatic heterocycles. The van der Waals surface area contributed by atoms with Gasteiger partial charge in [0.25, 0.3) is 0 Å². The Kier molecular flexibility index (Phi) is 4.83. The molecule has 0 unspecified atom stereocenters. The molecule has 3 heterocycles. The number of carbonyl (C=O) groups excluding carboxylic acids is 2. The average molecular weight is 522 g/mol. The fraction of sp³-hybridized carbons (Fsp3) is 0.370. The standard InChI is InChI=1S/C27H24FN3O3S2/c1-30(2)14-7-3-12(4-8-14)18-19-16-11-17(22(19)35-24-23(18)36-27(34)29-24)21-20(16)25(32)31(26(21)33)15-9-5-13(28)6-10-15/h3-10,16-22H,11H2,1-2H3,(H,29,34)/t16-,17+,18+,19+,20+,21+,22-/m0/s1. The van der Waals surface area contributed by atoms with Crippen molar-refractivity contribution in [2.45, 2.75) is 22.6 Å². The summed E-state index contributed by atoms with van der Waals surface area (Å²) in [5.74, 6) is -1.16. The van der Waals surface area contributed by atoms with Gasteiger partial charge in [0.2, 0.25) is 11.8 Å². The Morgan fingerprint density at radius 1 is 0.944 bits per heavy atom. The Morgan fingerprint density at radius 2 is 1.61 bits per heavy atom. The van der Waals surface area contributed by atoms with Gasteiger partial charge in [-0.25, -0.2) is 4.39 Å². The van der Waals surface area contributed by atoms with Crippen molar-refractivity contribution in [2.75, 3.05) is 23.9 Å². The number of nitrogens with one attached hydrogen (secondary N) is 1. The second-order valence-electron chi connectivity index (χ2n) is 10.4. The first-order valence-electron chi connectivity index (χ1n) is 12.1. The Hall–Kier alpha value is -2.91. The molecular weight excluding hydrogens is 497 g/mol. The second kappa shape index (κ2) is 7.79. The number of rotatable bonds is 3. The van der Waals surface area contributed by atoms with Crippen LogP contribution in [0, 0.1) is 35.4 Å². The molecule has 6 nitrogen and oxygen atoms in total. The van der Waals surface area contributed by atoms with Crippen molar-refractivity contribution in [3.8, 4) is 0 Å². The third-order valence-electron chi connectivity index (χ3n) is 8.58. The smallest absolute Gasteiger partial charge is 0.305 e. The molecule has 3 aromatic rings. The zero-order valence-electron chi connectivity index (χ0n) is 19.7. The first-order valence-corrected chi connectivity index (χ1v) is 13.8. The lowest BCUT2D eigenvalue weighted by Crippen LogP contribution is -2.42. The van der Waals surface area contributed by atoms with Crippen LogP contribution in [0.15, 0.2) is 58.4 Å². The van der Waals surface area contributed by atoms with Gasteiger partial charge in [0.15, 0.2) is 0 Å². The number of halogens is 1. The van der Waals surface area contributed by atoms with Crippen LogP contribution in [0.5, 0.6) is 0 Å². The summed E-state index contributed by atoms with van der Waals surface area (Å²) >= 11 is 2.95. The molecule has 9 heteroatoms. The fourth-order valence-electron chi connectivity index (χ4n) is 7.21. The Bertz CT molecular complexity index is 1450. The van der Waals surface area contributed by atoms with E-state index in [0.29, 0.717) is 5.69 Å². The number of fused-ring (bicyclic) bond motifs is 9. The van der Waals surface area contributed by atoms with Crippen LogP contribution in [-0.4, -0.2) is 36.1 Å². The summed E-state index contributed by atoms with van der Waals surface area (Å²) in [7, 11) is 4.01. The van der Waals surface area contributed by atoms with Gasteiger partial charge >= 0.3 is 4.87 Å². The van der Waals surface area contributed by atoms with Crippen molar-refractivity contribution in [2.24, 2.45) is 29.6 Å². The highest BCUT2D eigenvalue weighted by Crippen LogP contribution is 2.68. The normalized spacial score (nSPS) is 32.0. The Morgan fingerprint density at radius 3 is 2.28 bits per heavy atom. The molecule has 7 rings (SSSR count). The molecule has 2 amide bonds. The van der Waals surface area contributed by atoms with E-state index in [1.54, 1.807) is 11.8 Å². The van der Waals surface area contributed by atoms with Gasteiger partial charge in [0, 0.05) is 35.8 Å². The molecular formula is C27H24FN3O3S2. The molecule has 184 valence electrons. The highest BCUT2D eigenvalue weighted by molar-refractivity contribution is 8.00. The number of aromatic amines is 1. The van der Waals surface area contributed by atoms with Gasteiger partial charge in [-0.2, -0.15) is 0 Å². The van der Waals surface area contributed by atoms with Crippen LogP contribution in [0.25, 0.3) is 0 Å². The lowest BCUT2D eigenvalue weighted by molar-refractivity contribution is -0.123. The summed E-state index contributed by atoms with van der Waals surface area (Å²) in [6.07, 6.45) is 0.845. The number of aromatic nitrogens is 1. The number of hydrogen-bond acceptors (Lipinski definition) is 6. The van der Waals surface area contributed by atoms with Crippen molar-refractivity contribution in [3.63, 3.8) is 0 Å². The van der Waals surface area contributed by atoms with Crippen LogP contribution in [0.4, 0.5) is 15.8 Å². The number of carbonyl (C=O) groups is 2. The first-order chi connectivity index (χ1) is 17.3. The molecule has 0 radical (unpaired) electrons. The number of thiazole rings is 1. The number of hydrogen-bond donors (Lipinski definition) is 1. The molecule has 1 saturated heterocycles. The van der Waals surface area contributed by atoms with Gasteiger partial charge in [-0.05, 0) is 66.1 Å². The van der Waals surface area contributed by atoms with Crippen LogP contribution in [0.2, 0.25) is 0 Å². The minimum atomic E-state index is -0.399. The predicted molar refractivity (Wildman–Crippen MR) is 138 cm³/mol. The minimum absolute atomic E-state index is 0.00476. The van der Waals surface area contributed by atoms with E-state index in [1.165, 1.54) is 40.5 Å². The summed E-state index contributed by atoms with van der Waals surface area (Å²) in [6.45, 7) is 0. The van der Waals surface area contributed by atoms with Crippen molar-refractivity contribution in [1.29, 1.82) is 0 Å². The monoisotopic (exact) mass is 521 g/mol. The molecule has 2 aliphatic carbocycles. The maximum atomic E-state index is 13.7. The number of H-pyrrole nitrogens is 1. The summed E-state index contributed by atoms with van der Waals surface area (Å²) < 4.78 is 13.5. The summed E-state index contributed by atoms with van der Waals surface area (Å²) in [5.41, 5.74) is 2.68. The number of benzene rings is 2. The molecule has 36 heavy (non-hydrogen) atoms. The highest BCUT2D eigenvalue weighted by Gasteiger charge is 2.69. The average Bonchev–Trinajstić information content (AvgIpc) is 3.59. The topological polar surface area (TPSA) is 73.5 Å². The molecule has 4 aliphatic rings. The number of amides is 2. The van der Waals surface area contributed by atoms with Gasteiger partial charge in [-0.3, -0.25) is 19.3 Å². The van der Waals surface area contributed by atoms with Crippen molar-refractivity contribution in [1.82, 2.24) is 4.98 Å². The highest BCUT2D eigenvalue weighted by atomic mass is 32.2. The van der Waals surface area contributed by atoms with Crippen LogP contribution >= 0.6 is 23.1 Å². The van der Waals surface area contributed by atoms with E-state index >= 15 is 0 Å². The van der Waals surface area contributed by atoms with E-state index in [0.717, 1.165) is 27.6 Å². The van der Waals surface area contributed by atoms with Crippen LogP contribution in [0.3, 0.4) is 0 Å². The maximum Gasteiger partial charge on any atom is 0.305 e. The minimum Gasteiger partial charge on any atom is -0.378 e. The largest absolute Gasteiger partial charge is 0.378 e. The molecule has 7 atom stereocenters. The zero-order chi connectivity index (χ0) is 24.9. The number of thioether (sulfide) groups is 1. The molecule has 1 N–H and O–H groups in total. The summed E-state index contributed by atoms with van der Waals surface area (Å²) in [6, 6.07) is 14.1. The van der Waals surface area contributed by atoms with Gasteiger partial charge in [0.05, 0.1) is 22.5 Å². The van der Waals surface area contributed by atoms with E-state index < -0.39 is 5.82 Å². The van der Waals surface area contributed by atoms with Gasteiger partial charge in [-0.15, -0.1) is 11.8 Å². The van der Waals surface area contributed by atoms with E-state index in [4.69, 9.17) is 0 Å². The third kappa shape index (κ3) is 2.99. The number of imide groups is 1. The van der Waals surface area contributed by atoms with E-state index in [1.807, 2.05) is 14.1 Å². The van der Waals surface area contributed by atoms with E-state index in [-0.39, 0.29) is 57.4 Å². The van der Waals surface area contributed by atoms with Crippen LogP contribution in [0.1, 0.15) is 22.8 Å². The van der Waals surface area contributed by atoms with Crippen molar-refractivity contribution < 1.29 is 14.0 Å². The van der Waals surface area contributed by atoms with Crippen LogP contribution in [-0.2, 0) is 9.59 Å². The van der Waals surface area contributed by atoms with Crippen molar-refractivity contribution >= 4 is 46.3 Å². The van der Waals surface area contributed by atoms with E-state index in [2.05, 4.69) is 34.1 Å². The van der Waals surface area contributed by atoms with Gasteiger partial charge in [0.1, 0.15) is 5.82 Å². The maximum absolute atomic E-state index is 13.7. The number of anilines is 2. The zero-order valence-corrected chi connectivity index (χ0v) is 21.3. The molecule has 0 spiro atoms. The third-order valence-corrected chi connectivity index (χ3v) is 11.2. The SMILES string of the molecule is CN(C)c1ccc([C@H]2c3sc(=O)[nH]c3S[C@H]3[C@@H]4C[C@H]([C@H]5C(=O)N(c6ccc(F)cc6)C(=O)[C@H]45)[C@H]23)cc1. The second-order valence-corrected chi connectivity index (χ2v) is 12.6. The molecule has 2 saturated carbocycles. The lowest BCUT2D eigenvalue weighted by atomic mass is 9.68. The van der Waals surface area contributed by atoms with Gasteiger partial charge in [-0.1, -0.05) is 23.5 Å². The fourth-order valence-corrected chi connectivity index (χ4v) is 10.1. The lowest BCUT2D eigenvalue weighted by Gasteiger charge is -2.43. The van der Waals surface area contributed by atoms with E-state index in [9.17, 15) is 18.8 Å². The molecule has 2 aliphatic heterocycles. The Balaban J connectivity index is 1.31. The summed E-state index contributed by atoms with van der Waals surface area (Å²) in [5, 5.41) is 1.06. The Labute approximate surface area is 215 Å².